The van der Waals surface area contributed by atoms with Crippen LogP contribution in [0.2, 0.25) is 9.36 Å². The van der Waals surface area contributed by atoms with Crippen molar-refractivity contribution >= 4 is 86.4 Å². The van der Waals surface area contributed by atoms with Crippen LogP contribution < -0.4 is 5.73 Å². The number of halogens is 2. The lowest BCUT2D eigenvalue weighted by atomic mass is 9.88. The number of rotatable bonds is 11. The van der Waals surface area contributed by atoms with Crippen LogP contribution in [-0.2, 0) is 19.2 Å². The Labute approximate surface area is 325 Å². The number of aromatic nitrogens is 5. The standard InChI is InChI=1S/C32H34Cl2N10O8S2/c1-32(2,30(50)51)52-39-21(22-25(34)54-31(35)36-22)19(46)10-17-28(49)43-23(26-37-40-41-38-26)14(13-53-29(17)43)12-44-8-3-4-15(44)11-42(7-9-44)27(48)16-5-6-18(45)24(47)20(16)33/h5-6,15,17,29H,3-4,7-13H2,1-2H3,(H5-,35,36,37,38,39,40,41,45,46,47,48,50,51)/p+1/t15-,17+,29+,44+/m0/s1. The molecule has 18 nitrogen and oxygen atoms in total. The van der Waals surface area contributed by atoms with Crippen LogP contribution in [0.4, 0.5) is 5.13 Å². The van der Waals surface area contributed by atoms with Crippen molar-refractivity contribution in [1.29, 1.82) is 0 Å². The van der Waals surface area contributed by atoms with Gasteiger partial charge >= 0.3 is 5.97 Å². The highest BCUT2D eigenvalue weighted by molar-refractivity contribution is 8.00. The van der Waals surface area contributed by atoms with E-state index in [9.17, 15) is 34.5 Å². The number of carbonyl (C=O) groups excluding carboxylic acids is 3. The first kappa shape index (κ1) is 37.8. The molecule has 0 aliphatic carbocycles. The number of hydrogen-bond acceptors (Lipinski definition) is 15. The summed E-state index contributed by atoms with van der Waals surface area (Å²) in [5, 5.41) is 47.4. The average molecular weight is 823 g/mol. The molecule has 1 aromatic carbocycles. The third-order valence-electron chi connectivity index (χ3n) is 10.4. The quantitative estimate of drug-likeness (QED) is 0.0614. The van der Waals surface area contributed by atoms with E-state index in [0.717, 1.165) is 36.3 Å². The third-order valence-corrected chi connectivity index (χ3v) is 13.2. The number of aliphatic carboxylic acids is 1. The van der Waals surface area contributed by atoms with Crippen LogP contribution in [0, 0.1) is 5.92 Å². The lowest BCUT2D eigenvalue weighted by Crippen LogP contribution is -2.65. The van der Waals surface area contributed by atoms with Crippen molar-refractivity contribution in [3.05, 3.63) is 44.1 Å². The fraction of sp³-hybridized carbons (Fsp3) is 0.469. The monoisotopic (exact) mass is 821 g/mol. The first-order chi connectivity index (χ1) is 25.6. The molecule has 3 aromatic rings. The Morgan fingerprint density at radius 2 is 2.00 bits per heavy atom. The molecule has 0 saturated carbocycles. The summed E-state index contributed by atoms with van der Waals surface area (Å²) in [5.74, 6) is -3.59. The van der Waals surface area contributed by atoms with E-state index < -0.39 is 40.1 Å². The Kier molecular flexibility index (Phi) is 10.0. The number of aromatic amines is 1. The highest BCUT2D eigenvalue weighted by Gasteiger charge is 2.56. The number of nitrogens with zero attached hydrogens (tertiary/aromatic N) is 8. The number of carbonyl (C=O) groups is 4. The summed E-state index contributed by atoms with van der Waals surface area (Å²) in [7, 11) is 0. The number of amides is 2. The van der Waals surface area contributed by atoms with Gasteiger partial charge in [-0.15, -0.1) is 22.0 Å². The van der Waals surface area contributed by atoms with Crippen molar-refractivity contribution in [2.75, 3.05) is 44.2 Å². The molecule has 2 aromatic heterocycles. The topological polar surface area (TPSA) is 250 Å². The van der Waals surface area contributed by atoms with Gasteiger partial charge in [0.2, 0.25) is 17.3 Å². The van der Waals surface area contributed by atoms with E-state index in [0.29, 0.717) is 42.1 Å². The number of hydrogen-bond donors (Lipinski definition) is 5. The molecule has 0 unspecified atom stereocenters. The number of nitrogen functional groups attached to an aromatic ring is 1. The second kappa shape index (κ2) is 14.3. The van der Waals surface area contributed by atoms with Gasteiger partial charge in [0.05, 0.1) is 53.8 Å². The molecule has 54 heavy (non-hydrogen) atoms. The number of tetrazole rings is 1. The molecule has 0 radical (unpaired) electrons. The molecule has 3 saturated heterocycles. The van der Waals surface area contributed by atoms with Gasteiger partial charge in [-0.25, -0.2) is 9.78 Å². The number of thioether (sulfide) groups is 1. The van der Waals surface area contributed by atoms with Gasteiger partial charge in [-0.05, 0) is 31.2 Å². The summed E-state index contributed by atoms with van der Waals surface area (Å²) in [6.45, 7) is 5.48. The van der Waals surface area contributed by atoms with E-state index in [1.165, 1.54) is 37.7 Å². The second-order valence-electron chi connectivity index (χ2n) is 14.0. The van der Waals surface area contributed by atoms with Gasteiger partial charge in [0, 0.05) is 30.6 Å². The number of anilines is 1. The van der Waals surface area contributed by atoms with Crippen molar-refractivity contribution in [2.45, 2.75) is 50.1 Å². The highest BCUT2D eigenvalue weighted by Crippen LogP contribution is 2.49. The Morgan fingerprint density at radius 3 is 2.69 bits per heavy atom. The van der Waals surface area contributed by atoms with E-state index in [-0.39, 0.29) is 61.6 Å². The van der Waals surface area contributed by atoms with Gasteiger partial charge in [0.1, 0.15) is 22.6 Å². The summed E-state index contributed by atoms with van der Waals surface area (Å²) in [6, 6.07) is 2.73. The zero-order valence-electron chi connectivity index (χ0n) is 28.9. The number of nitrogens with one attached hydrogen (secondary N) is 1. The number of oxime groups is 1. The smallest absolute Gasteiger partial charge is 0.350 e. The molecule has 4 atom stereocenters. The first-order valence-corrected chi connectivity index (χ1v) is 19.4. The summed E-state index contributed by atoms with van der Waals surface area (Å²) in [5.41, 5.74) is 5.20. The molecule has 4 aliphatic heterocycles. The van der Waals surface area contributed by atoms with Crippen molar-refractivity contribution in [2.24, 2.45) is 11.1 Å². The zero-order valence-corrected chi connectivity index (χ0v) is 32.0. The fourth-order valence-corrected chi connectivity index (χ4v) is 10.0. The first-order valence-electron chi connectivity index (χ1n) is 16.8. The highest BCUT2D eigenvalue weighted by atomic mass is 35.5. The molecule has 7 rings (SSSR count). The number of benzene rings is 1. The van der Waals surface area contributed by atoms with Crippen LogP contribution in [0.5, 0.6) is 11.5 Å². The Bertz CT molecular complexity index is 2110. The molecule has 3 fully saturated rings. The zero-order chi connectivity index (χ0) is 38.7. The van der Waals surface area contributed by atoms with Gasteiger partial charge in [-0.2, -0.15) is 5.21 Å². The summed E-state index contributed by atoms with van der Waals surface area (Å²) in [4.78, 5) is 65.7. The van der Waals surface area contributed by atoms with Crippen LogP contribution in [-0.4, -0.2) is 140 Å². The largest absolute Gasteiger partial charge is 0.504 e. The normalized spacial score (nSPS) is 24.3. The van der Waals surface area contributed by atoms with Crippen LogP contribution in [0.1, 0.15) is 55.0 Å². The lowest BCUT2D eigenvalue weighted by molar-refractivity contribution is -0.938. The van der Waals surface area contributed by atoms with Crippen LogP contribution in [0.3, 0.4) is 0 Å². The molecule has 22 heteroatoms. The van der Waals surface area contributed by atoms with Crippen molar-refractivity contribution in [1.82, 2.24) is 35.4 Å². The molecular weight excluding hydrogens is 787 g/mol. The number of phenolic OH excluding ortho intramolecular Hbond substituents is 2. The number of nitrogens with two attached hydrogens (primary N) is 1. The molecule has 0 spiro atoms. The lowest BCUT2D eigenvalue weighted by Gasteiger charge is -2.52. The third kappa shape index (κ3) is 6.63. The second-order valence-corrected chi connectivity index (χ2v) is 17.1. The number of aromatic hydroxyl groups is 2. The molecule has 0 bridgehead atoms. The molecule has 2 amide bonds. The van der Waals surface area contributed by atoms with Crippen LogP contribution in [0.25, 0.3) is 5.70 Å². The van der Waals surface area contributed by atoms with Gasteiger partial charge in [-0.3, -0.25) is 19.3 Å². The Hall–Kier alpha value is -4.50. The molecular formula is C32H35Cl2N10O8S2+. The van der Waals surface area contributed by atoms with E-state index >= 15 is 0 Å². The van der Waals surface area contributed by atoms with Gasteiger partial charge < -0.3 is 35.3 Å². The summed E-state index contributed by atoms with van der Waals surface area (Å²) < 4.78 is 0.743. The van der Waals surface area contributed by atoms with Crippen molar-refractivity contribution in [3.63, 3.8) is 0 Å². The minimum absolute atomic E-state index is 0.0540. The average Bonchev–Trinajstić information content (AvgIpc) is 3.89. The fourth-order valence-electron chi connectivity index (χ4n) is 7.46. The number of piperazine rings is 1. The van der Waals surface area contributed by atoms with E-state index in [4.69, 9.17) is 33.8 Å². The van der Waals surface area contributed by atoms with Crippen molar-refractivity contribution < 1.29 is 43.8 Å². The Morgan fingerprint density at radius 1 is 1.22 bits per heavy atom. The predicted octanol–water partition coefficient (Wildman–Crippen LogP) is 2.58. The number of carboxylic acid groups (broad SMARTS) is 1. The summed E-state index contributed by atoms with van der Waals surface area (Å²) in [6.07, 6.45) is 1.52. The number of phenols is 2. The van der Waals surface area contributed by atoms with Gasteiger partial charge in [-0.1, -0.05) is 39.7 Å². The minimum atomic E-state index is -1.78. The maximum absolute atomic E-state index is 14.0. The van der Waals surface area contributed by atoms with E-state index in [1.807, 2.05) is 0 Å². The minimum Gasteiger partial charge on any atom is -0.504 e. The van der Waals surface area contributed by atoms with E-state index in [1.54, 1.807) is 9.80 Å². The molecule has 6 heterocycles. The van der Waals surface area contributed by atoms with Gasteiger partial charge in [0.25, 0.3) is 5.91 Å². The molecule has 4 aliphatic rings. The molecule has 286 valence electrons. The van der Waals surface area contributed by atoms with Crippen LogP contribution >= 0.6 is 46.3 Å². The van der Waals surface area contributed by atoms with Crippen LogP contribution in [0.15, 0.2) is 22.9 Å². The number of H-pyrrole nitrogens is 1. The molecule has 6 N–H and O–H groups in total. The van der Waals surface area contributed by atoms with E-state index in [2.05, 4.69) is 30.8 Å². The maximum atomic E-state index is 14.0. The number of fused-ring (bicyclic) bond motifs is 2. The number of thiazole rings is 1. The maximum Gasteiger partial charge on any atom is 0.350 e. The number of ketones is 1. The Balaban J connectivity index is 1.12. The number of Topliss-reactive ketones (excluding diaryl/α,β-unsaturated/α-hetero) is 1. The number of β-lactam (4-membered cyclic amide) rings is 1. The number of quaternary nitrogens is 1. The predicted molar refractivity (Wildman–Crippen MR) is 197 cm³/mol. The summed E-state index contributed by atoms with van der Waals surface area (Å²) >= 11 is 15.0. The van der Waals surface area contributed by atoms with Gasteiger partial charge in [0.15, 0.2) is 28.1 Å². The van der Waals surface area contributed by atoms with Crippen molar-refractivity contribution in [3.8, 4) is 11.5 Å². The SMILES string of the molecule is CC(C)(O/N=C(\C(=O)C[C@@H]1C(=O)N2C(c3nn[nH]n3)=C(C[N@+]34CCC[C@H]3CN(C(=O)c3ccc(O)c(O)c3Cl)CC4)CS[C@H]12)c1nc(N)sc1Cl)C(=O)O. The number of carboxylic acids is 1.